The molecule has 1 amide bonds. The molecule has 2 aromatic carbocycles. The monoisotopic (exact) mass is 487 g/mol. The average molecular weight is 488 g/mol. The molecule has 3 rings (SSSR count). The minimum absolute atomic E-state index is 0.127. The first-order chi connectivity index (χ1) is 14.7. The van der Waals surface area contributed by atoms with Gasteiger partial charge in [0.25, 0.3) is 11.5 Å². The lowest BCUT2D eigenvalue weighted by atomic mass is 10.2. The molecule has 0 saturated heterocycles. The number of anilines is 1. The van der Waals surface area contributed by atoms with E-state index in [9.17, 15) is 14.4 Å². The fourth-order valence-electron chi connectivity index (χ4n) is 3.00. The first kappa shape index (κ1) is 22.4. The molecule has 0 aliphatic rings. The molecular formula is C22H22BrN3O5. The van der Waals surface area contributed by atoms with Crippen LogP contribution in [0.1, 0.15) is 23.0 Å². The Morgan fingerprint density at radius 2 is 1.81 bits per heavy atom. The van der Waals surface area contributed by atoms with Gasteiger partial charge >= 0.3 is 5.97 Å². The first-order valence-corrected chi connectivity index (χ1v) is 10.2. The van der Waals surface area contributed by atoms with Crippen LogP contribution in [0.5, 0.6) is 5.75 Å². The number of ether oxygens (including phenoxy) is 2. The van der Waals surface area contributed by atoms with E-state index >= 15 is 0 Å². The minimum Gasteiger partial charge on any atom is -0.497 e. The van der Waals surface area contributed by atoms with Crippen LogP contribution in [-0.2, 0) is 16.6 Å². The standard InChI is InChI=1S/C22H22BrN3O5/c1-13-19(21(28)26(25(13)3)15-8-6-5-7-9-15)24-20(27)14(2)31-22(29)17-12-16(30-4)10-11-18(17)23/h5-12,14H,1-4H3,(H,24,27)/t14-/m0/s1. The third kappa shape index (κ3) is 4.56. The lowest BCUT2D eigenvalue weighted by Crippen LogP contribution is -2.32. The highest BCUT2D eigenvalue weighted by Gasteiger charge is 2.24. The highest BCUT2D eigenvalue weighted by molar-refractivity contribution is 9.10. The summed E-state index contributed by atoms with van der Waals surface area (Å²) in [6.07, 6.45) is -1.13. The number of aromatic nitrogens is 2. The third-order valence-corrected chi connectivity index (χ3v) is 5.54. The van der Waals surface area contributed by atoms with Gasteiger partial charge in [0.15, 0.2) is 6.10 Å². The maximum absolute atomic E-state index is 12.9. The summed E-state index contributed by atoms with van der Waals surface area (Å²) >= 11 is 3.29. The van der Waals surface area contributed by atoms with E-state index in [1.807, 2.05) is 18.2 Å². The number of rotatable bonds is 6. The lowest BCUT2D eigenvalue weighted by molar-refractivity contribution is -0.123. The average Bonchev–Trinajstić information content (AvgIpc) is 2.97. The van der Waals surface area contributed by atoms with Crippen LogP contribution in [0, 0.1) is 6.92 Å². The van der Waals surface area contributed by atoms with Crippen molar-refractivity contribution in [3.63, 3.8) is 0 Å². The number of halogens is 1. The quantitative estimate of drug-likeness (QED) is 0.537. The van der Waals surface area contributed by atoms with Gasteiger partial charge in [-0.3, -0.25) is 14.3 Å². The zero-order chi connectivity index (χ0) is 22.7. The Kier molecular flexibility index (Phi) is 6.65. The summed E-state index contributed by atoms with van der Waals surface area (Å²) in [6.45, 7) is 3.16. The summed E-state index contributed by atoms with van der Waals surface area (Å²) in [7, 11) is 3.21. The molecule has 1 atom stereocenters. The molecule has 1 N–H and O–H groups in total. The Hall–Kier alpha value is -3.33. The first-order valence-electron chi connectivity index (χ1n) is 9.44. The molecule has 8 nitrogen and oxygen atoms in total. The second-order valence-electron chi connectivity index (χ2n) is 6.82. The molecule has 9 heteroatoms. The van der Waals surface area contributed by atoms with Gasteiger partial charge in [-0.25, -0.2) is 9.48 Å². The van der Waals surface area contributed by atoms with Gasteiger partial charge in [0.05, 0.1) is 24.1 Å². The number of hydrogen-bond donors (Lipinski definition) is 1. The van der Waals surface area contributed by atoms with E-state index in [-0.39, 0.29) is 16.8 Å². The van der Waals surface area contributed by atoms with Crippen LogP contribution >= 0.6 is 15.9 Å². The van der Waals surface area contributed by atoms with E-state index in [1.54, 1.807) is 42.9 Å². The van der Waals surface area contributed by atoms with Gasteiger partial charge in [0.2, 0.25) is 0 Å². The number of esters is 1. The SMILES string of the molecule is COc1ccc(Br)c(C(=O)O[C@@H](C)C(=O)Nc2c(C)n(C)n(-c3ccccc3)c2=O)c1. The Bertz CT molecular complexity index is 1180. The molecular weight excluding hydrogens is 466 g/mol. The van der Waals surface area contributed by atoms with Crippen molar-refractivity contribution in [2.75, 3.05) is 12.4 Å². The second kappa shape index (κ2) is 9.22. The van der Waals surface area contributed by atoms with Crippen molar-refractivity contribution >= 4 is 33.5 Å². The summed E-state index contributed by atoms with van der Waals surface area (Å²) in [4.78, 5) is 38.1. The summed E-state index contributed by atoms with van der Waals surface area (Å²) in [5.74, 6) is -0.827. The predicted molar refractivity (Wildman–Crippen MR) is 120 cm³/mol. The van der Waals surface area contributed by atoms with Gasteiger partial charge in [0.1, 0.15) is 11.4 Å². The van der Waals surface area contributed by atoms with Gasteiger partial charge in [-0.2, -0.15) is 0 Å². The number of para-hydroxylation sites is 1. The smallest absolute Gasteiger partial charge is 0.340 e. The number of nitrogens with zero attached hydrogens (tertiary/aromatic N) is 2. The number of nitrogens with one attached hydrogen (secondary N) is 1. The number of carbonyl (C=O) groups is 2. The molecule has 1 aromatic heterocycles. The molecule has 0 radical (unpaired) electrons. The van der Waals surface area contributed by atoms with Crippen molar-refractivity contribution in [3.8, 4) is 11.4 Å². The number of amides is 1. The highest BCUT2D eigenvalue weighted by atomic mass is 79.9. The van der Waals surface area contributed by atoms with Gasteiger partial charge in [-0.1, -0.05) is 18.2 Å². The van der Waals surface area contributed by atoms with Crippen LogP contribution in [0.4, 0.5) is 5.69 Å². The molecule has 0 fully saturated rings. The van der Waals surface area contributed by atoms with E-state index in [0.717, 1.165) is 0 Å². The number of carbonyl (C=O) groups excluding carboxylic acids is 2. The Morgan fingerprint density at radius 1 is 1.13 bits per heavy atom. The van der Waals surface area contributed by atoms with E-state index in [4.69, 9.17) is 9.47 Å². The maximum atomic E-state index is 12.9. The van der Waals surface area contributed by atoms with Crippen LogP contribution in [-0.4, -0.2) is 34.5 Å². The Morgan fingerprint density at radius 3 is 2.45 bits per heavy atom. The summed E-state index contributed by atoms with van der Waals surface area (Å²) in [5.41, 5.74) is 1.20. The molecule has 0 aliphatic heterocycles. The predicted octanol–water partition coefficient (Wildman–Crippen LogP) is 3.44. The Balaban J connectivity index is 1.79. The fourth-order valence-corrected chi connectivity index (χ4v) is 3.41. The van der Waals surface area contributed by atoms with Gasteiger partial charge < -0.3 is 14.8 Å². The number of hydrogen-bond acceptors (Lipinski definition) is 5. The molecule has 0 spiro atoms. The molecule has 0 unspecified atom stereocenters. The summed E-state index contributed by atoms with van der Waals surface area (Å²) in [5, 5.41) is 2.60. The van der Waals surface area contributed by atoms with E-state index < -0.39 is 18.0 Å². The van der Waals surface area contributed by atoms with Crippen molar-refractivity contribution < 1.29 is 19.1 Å². The maximum Gasteiger partial charge on any atom is 0.340 e. The van der Waals surface area contributed by atoms with Crippen LogP contribution in [0.2, 0.25) is 0 Å². The zero-order valence-corrected chi connectivity index (χ0v) is 19.1. The van der Waals surface area contributed by atoms with Gasteiger partial charge in [-0.15, -0.1) is 0 Å². The van der Waals surface area contributed by atoms with E-state index in [0.29, 0.717) is 21.6 Å². The number of benzene rings is 2. The molecule has 0 saturated carbocycles. The molecule has 1 heterocycles. The van der Waals surface area contributed by atoms with Crippen molar-refractivity contribution in [1.82, 2.24) is 9.36 Å². The molecule has 3 aromatic rings. The zero-order valence-electron chi connectivity index (χ0n) is 17.5. The molecule has 0 aliphatic carbocycles. The lowest BCUT2D eigenvalue weighted by Gasteiger charge is -2.14. The van der Waals surface area contributed by atoms with Crippen LogP contribution in [0.15, 0.2) is 57.8 Å². The minimum atomic E-state index is -1.13. The van der Waals surface area contributed by atoms with Crippen LogP contribution < -0.4 is 15.6 Å². The largest absolute Gasteiger partial charge is 0.497 e. The van der Waals surface area contributed by atoms with E-state index in [2.05, 4.69) is 21.2 Å². The summed E-state index contributed by atoms with van der Waals surface area (Å²) < 4.78 is 14.0. The van der Waals surface area contributed by atoms with E-state index in [1.165, 1.54) is 24.8 Å². The van der Waals surface area contributed by atoms with Gasteiger partial charge in [-0.05, 0) is 60.1 Å². The van der Waals surface area contributed by atoms with Gasteiger partial charge in [0, 0.05) is 11.5 Å². The number of methoxy groups -OCH3 is 1. The molecule has 31 heavy (non-hydrogen) atoms. The van der Waals surface area contributed by atoms with Crippen LogP contribution in [0.25, 0.3) is 5.69 Å². The third-order valence-electron chi connectivity index (χ3n) is 4.85. The van der Waals surface area contributed by atoms with Crippen LogP contribution in [0.3, 0.4) is 0 Å². The second-order valence-corrected chi connectivity index (χ2v) is 7.67. The summed E-state index contributed by atoms with van der Waals surface area (Å²) in [6, 6.07) is 13.9. The highest BCUT2D eigenvalue weighted by Crippen LogP contribution is 2.24. The van der Waals surface area contributed by atoms with Crippen molar-refractivity contribution in [2.45, 2.75) is 20.0 Å². The fraction of sp³-hybridized carbons (Fsp3) is 0.227. The van der Waals surface area contributed by atoms with Crippen molar-refractivity contribution in [2.24, 2.45) is 7.05 Å². The molecule has 0 bridgehead atoms. The molecule has 162 valence electrons. The topological polar surface area (TPSA) is 91.6 Å². The van der Waals surface area contributed by atoms with Crippen molar-refractivity contribution in [1.29, 1.82) is 0 Å². The van der Waals surface area contributed by atoms with Crippen molar-refractivity contribution in [3.05, 3.63) is 74.6 Å². The normalized spacial score (nSPS) is 11.6. The Labute approximate surface area is 187 Å².